The van der Waals surface area contributed by atoms with E-state index in [-0.39, 0.29) is 12.0 Å². The Morgan fingerprint density at radius 1 is 1.39 bits per heavy atom. The van der Waals surface area contributed by atoms with Crippen molar-refractivity contribution in [1.82, 2.24) is 14.9 Å². The van der Waals surface area contributed by atoms with Crippen LogP contribution in [0.2, 0.25) is 0 Å². The lowest BCUT2D eigenvalue weighted by Gasteiger charge is -2.32. The maximum Gasteiger partial charge on any atom is 0.257 e. The summed E-state index contributed by atoms with van der Waals surface area (Å²) in [6.07, 6.45) is 3.00. The second-order valence-electron chi connectivity index (χ2n) is 5.68. The van der Waals surface area contributed by atoms with Gasteiger partial charge in [0.25, 0.3) is 5.91 Å². The van der Waals surface area contributed by atoms with Crippen molar-refractivity contribution in [2.75, 3.05) is 38.7 Å². The minimum absolute atomic E-state index is 0.0357. The van der Waals surface area contributed by atoms with E-state index in [4.69, 9.17) is 9.15 Å². The highest BCUT2D eigenvalue weighted by atomic mass is 16.5. The van der Waals surface area contributed by atoms with Gasteiger partial charge in [-0.2, -0.15) is 0 Å². The van der Waals surface area contributed by atoms with E-state index in [2.05, 4.69) is 9.97 Å². The molecule has 1 amide bonds. The van der Waals surface area contributed by atoms with Gasteiger partial charge in [0.2, 0.25) is 5.95 Å². The third-order valence-electron chi connectivity index (χ3n) is 3.84. The Morgan fingerprint density at radius 3 is 2.91 bits per heavy atom. The lowest BCUT2D eigenvalue weighted by Crippen LogP contribution is -2.42. The number of carbonyl (C=O) groups is 1. The van der Waals surface area contributed by atoms with Gasteiger partial charge in [-0.05, 0) is 19.1 Å². The number of carbonyl (C=O) groups excluding carboxylic acids is 1. The molecule has 2 aromatic rings. The summed E-state index contributed by atoms with van der Waals surface area (Å²) in [5, 5.41) is 0. The summed E-state index contributed by atoms with van der Waals surface area (Å²) in [6.45, 7) is 3.30. The summed E-state index contributed by atoms with van der Waals surface area (Å²) in [7, 11) is 3.77. The van der Waals surface area contributed by atoms with Crippen molar-refractivity contribution in [3.05, 3.63) is 41.6 Å². The van der Waals surface area contributed by atoms with Gasteiger partial charge in [-0.3, -0.25) is 4.79 Å². The number of ether oxygens (including phenoxy) is 1. The average molecular weight is 316 g/mol. The van der Waals surface area contributed by atoms with Crippen LogP contribution in [-0.4, -0.2) is 54.6 Å². The van der Waals surface area contributed by atoms with E-state index in [0.29, 0.717) is 37.0 Å². The molecule has 0 aliphatic carbocycles. The molecule has 0 aromatic carbocycles. The fourth-order valence-electron chi connectivity index (χ4n) is 2.55. The van der Waals surface area contributed by atoms with Crippen LogP contribution in [0.15, 0.2) is 29.0 Å². The van der Waals surface area contributed by atoms with Gasteiger partial charge >= 0.3 is 0 Å². The number of rotatable bonds is 3. The number of hydrogen-bond donors (Lipinski definition) is 0. The minimum atomic E-state index is -0.249. The molecular formula is C16H20N4O3. The molecule has 2 aromatic heterocycles. The number of anilines is 1. The number of aromatic nitrogens is 2. The monoisotopic (exact) mass is 316 g/mol. The predicted molar refractivity (Wildman–Crippen MR) is 84.4 cm³/mol. The zero-order chi connectivity index (χ0) is 16.4. The van der Waals surface area contributed by atoms with Crippen molar-refractivity contribution in [3.63, 3.8) is 0 Å². The van der Waals surface area contributed by atoms with Crippen molar-refractivity contribution in [1.29, 1.82) is 0 Å². The van der Waals surface area contributed by atoms with Crippen LogP contribution in [0.3, 0.4) is 0 Å². The average Bonchev–Trinajstić information content (AvgIpc) is 3.00. The first-order valence-electron chi connectivity index (χ1n) is 7.51. The maximum atomic E-state index is 12.6. The zero-order valence-corrected chi connectivity index (χ0v) is 13.5. The van der Waals surface area contributed by atoms with E-state index in [1.807, 2.05) is 25.1 Å². The molecule has 0 N–H and O–H groups in total. The third-order valence-corrected chi connectivity index (χ3v) is 3.84. The summed E-state index contributed by atoms with van der Waals surface area (Å²) in [5.41, 5.74) is 1.38. The Kier molecular flexibility index (Phi) is 4.29. The molecule has 3 rings (SSSR count). The Bertz CT molecular complexity index is 698. The third kappa shape index (κ3) is 3.19. The Morgan fingerprint density at radius 2 is 2.22 bits per heavy atom. The van der Waals surface area contributed by atoms with Crippen LogP contribution < -0.4 is 4.90 Å². The van der Waals surface area contributed by atoms with Gasteiger partial charge in [-0.1, -0.05) is 0 Å². The van der Waals surface area contributed by atoms with E-state index < -0.39 is 0 Å². The van der Waals surface area contributed by atoms with Crippen molar-refractivity contribution in [2.24, 2.45) is 0 Å². The first kappa shape index (κ1) is 15.5. The molecule has 0 spiro atoms. The van der Waals surface area contributed by atoms with Gasteiger partial charge < -0.3 is 19.0 Å². The molecule has 0 radical (unpaired) electrons. The number of morpholine rings is 1. The smallest absolute Gasteiger partial charge is 0.257 e. The first-order chi connectivity index (χ1) is 11.1. The largest absolute Gasteiger partial charge is 0.469 e. The van der Waals surface area contributed by atoms with Crippen LogP contribution in [0, 0.1) is 6.92 Å². The molecule has 3 heterocycles. The number of aryl methyl sites for hydroxylation is 1. The second kappa shape index (κ2) is 6.37. The van der Waals surface area contributed by atoms with E-state index >= 15 is 0 Å². The van der Waals surface area contributed by atoms with Crippen molar-refractivity contribution in [2.45, 2.75) is 13.0 Å². The highest BCUT2D eigenvalue weighted by Crippen LogP contribution is 2.23. The molecule has 1 aliphatic rings. The van der Waals surface area contributed by atoms with Gasteiger partial charge in [-0.15, -0.1) is 0 Å². The fraction of sp³-hybridized carbons (Fsp3) is 0.438. The summed E-state index contributed by atoms with van der Waals surface area (Å²) in [6, 6.07) is 3.53. The highest BCUT2D eigenvalue weighted by molar-refractivity contribution is 5.95. The molecule has 1 saturated heterocycles. The Labute approximate surface area is 134 Å². The Hall–Kier alpha value is -2.41. The minimum Gasteiger partial charge on any atom is -0.469 e. The summed E-state index contributed by atoms with van der Waals surface area (Å²) in [5.74, 6) is 1.22. The van der Waals surface area contributed by atoms with Gasteiger partial charge in [-0.25, -0.2) is 9.97 Å². The molecule has 1 aliphatic heterocycles. The molecule has 7 heteroatoms. The van der Waals surface area contributed by atoms with Crippen LogP contribution in [0.5, 0.6) is 0 Å². The summed E-state index contributed by atoms with van der Waals surface area (Å²) in [4.78, 5) is 24.9. The summed E-state index contributed by atoms with van der Waals surface area (Å²) < 4.78 is 11.0. The molecular weight excluding hydrogens is 296 g/mol. The molecule has 1 fully saturated rings. The van der Waals surface area contributed by atoms with Crippen molar-refractivity contribution in [3.8, 4) is 0 Å². The standard InChI is InChI=1S/C16H20N4O3/c1-11-12(5-8-22-11)15(21)20-7-9-23-14(10-20)13-4-6-17-16(18-13)19(2)3/h4-6,8,14H,7,9-10H2,1-3H3. The van der Waals surface area contributed by atoms with Gasteiger partial charge in [0.15, 0.2) is 0 Å². The first-order valence-corrected chi connectivity index (χ1v) is 7.51. The zero-order valence-electron chi connectivity index (χ0n) is 13.5. The SMILES string of the molecule is Cc1occc1C(=O)N1CCOC(c2ccnc(N(C)C)n2)C1. The topological polar surface area (TPSA) is 71.7 Å². The van der Waals surface area contributed by atoms with E-state index in [1.54, 1.807) is 24.1 Å². The number of furan rings is 1. The van der Waals surface area contributed by atoms with Gasteiger partial charge in [0, 0.05) is 26.8 Å². The quantitative estimate of drug-likeness (QED) is 0.857. The lowest BCUT2D eigenvalue weighted by atomic mass is 10.1. The highest BCUT2D eigenvalue weighted by Gasteiger charge is 2.28. The van der Waals surface area contributed by atoms with Crippen LogP contribution in [0.1, 0.15) is 27.9 Å². The predicted octanol–water partition coefficient (Wildman–Crippen LogP) is 1.66. The van der Waals surface area contributed by atoms with Gasteiger partial charge in [0.1, 0.15) is 11.9 Å². The van der Waals surface area contributed by atoms with E-state index in [1.165, 1.54) is 6.26 Å². The fourth-order valence-corrected chi connectivity index (χ4v) is 2.55. The molecule has 0 bridgehead atoms. The van der Waals surface area contributed by atoms with Crippen LogP contribution in [0.4, 0.5) is 5.95 Å². The molecule has 1 unspecified atom stereocenters. The molecule has 0 saturated carbocycles. The van der Waals surface area contributed by atoms with Crippen LogP contribution in [-0.2, 0) is 4.74 Å². The number of nitrogens with zero attached hydrogens (tertiary/aromatic N) is 4. The van der Waals surface area contributed by atoms with Crippen molar-refractivity contribution >= 4 is 11.9 Å². The maximum absolute atomic E-state index is 12.6. The molecule has 122 valence electrons. The van der Waals surface area contributed by atoms with Crippen LogP contribution in [0.25, 0.3) is 0 Å². The van der Waals surface area contributed by atoms with Crippen molar-refractivity contribution < 1.29 is 13.9 Å². The molecule has 7 nitrogen and oxygen atoms in total. The molecule has 1 atom stereocenters. The Balaban J connectivity index is 1.77. The normalized spacial score (nSPS) is 18.0. The molecule has 23 heavy (non-hydrogen) atoms. The van der Waals surface area contributed by atoms with E-state index in [0.717, 1.165) is 5.69 Å². The van der Waals surface area contributed by atoms with E-state index in [9.17, 15) is 4.79 Å². The van der Waals surface area contributed by atoms with Gasteiger partial charge in [0.05, 0.1) is 30.7 Å². The van der Waals surface area contributed by atoms with Crippen LogP contribution >= 0.6 is 0 Å². The number of hydrogen-bond acceptors (Lipinski definition) is 6. The second-order valence-corrected chi connectivity index (χ2v) is 5.68. The summed E-state index contributed by atoms with van der Waals surface area (Å²) >= 11 is 0. The number of amides is 1. The lowest BCUT2D eigenvalue weighted by molar-refractivity contribution is -0.0247.